The summed E-state index contributed by atoms with van der Waals surface area (Å²) in [7, 11) is 1.59. The summed E-state index contributed by atoms with van der Waals surface area (Å²) in [6, 6.07) is 11.7. The second-order valence-corrected chi connectivity index (χ2v) is 5.91. The van der Waals surface area contributed by atoms with Gasteiger partial charge in [0.15, 0.2) is 11.5 Å². The molecule has 4 rings (SSSR count). The summed E-state index contributed by atoms with van der Waals surface area (Å²) >= 11 is 0. The summed E-state index contributed by atoms with van der Waals surface area (Å²) in [6.07, 6.45) is 3.32. The number of nitriles is 1. The number of ether oxygens (including phenoxy) is 2. The lowest BCUT2D eigenvalue weighted by atomic mass is 10.1. The third-order valence-corrected chi connectivity index (χ3v) is 4.28. The highest BCUT2D eigenvalue weighted by Crippen LogP contribution is 2.37. The van der Waals surface area contributed by atoms with E-state index in [4.69, 9.17) is 9.47 Å². The maximum absolute atomic E-state index is 9.57. The first-order valence-corrected chi connectivity index (χ1v) is 8.47. The van der Waals surface area contributed by atoms with Crippen molar-refractivity contribution in [2.24, 2.45) is 0 Å². The van der Waals surface area contributed by atoms with Crippen LogP contribution in [0.3, 0.4) is 0 Å². The smallest absolute Gasteiger partial charge is 0.162 e. The van der Waals surface area contributed by atoms with Crippen molar-refractivity contribution in [2.75, 3.05) is 19.0 Å². The van der Waals surface area contributed by atoms with E-state index in [1.807, 2.05) is 37.3 Å². The molecule has 0 radical (unpaired) electrons. The van der Waals surface area contributed by atoms with Crippen LogP contribution in [-0.4, -0.2) is 28.9 Å². The molecule has 0 bridgehead atoms. The molecule has 2 heterocycles. The molecule has 2 N–H and O–H groups in total. The number of benzene rings is 2. The molecule has 0 amide bonds. The maximum Gasteiger partial charge on any atom is 0.162 e. The van der Waals surface area contributed by atoms with Gasteiger partial charge in [-0.2, -0.15) is 10.4 Å². The number of nitrogens with zero attached hydrogens (tertiary/aromatic N) is 3. The summed E-state index contributed by atoms with van der Waals surface area (Å²) in [4.78, 5) is 4.39. The van der Waals surface area contributed by atoms with Crippen molar-refractivity contribution in [1.29, 1.82) is 5.26 Å². The second-order valence-electron chi connectivity index (χ2n) is 5.91. The summed E-state index contributed by atoms with van der Waals surface area (Å²) in [6.45, 7) is 2.42. The molecule has 4 aromatic rings. The number of nitrogens with one attached hydrogen (secondary N) is 2. The minimum atomic E-state index is 0.444. The first kappa shape index (κ1) is 16.7. The van der Waals surface area contributed by atoms with Gasteiger partial charge >= 0.3 is 0 Å². The summed E-state index contributed by atoms with van der Waals surface area (Å²) < 4.78 is 11.1. The molecular weight excluding hydrogens is 342 g/mol. The first-order valence-electron chi connectivity index (χ1n) is 8.47. The predicted molar refractivity (Wildman–Crippen MR) is 104 cm³/mol. The maximum atomic E-state index is 9.57. The van der Waals surface area contributed by atoms with E-state index in [1.165, 1.54) is 0 Å². The van der Waals surface area contributed by atoms with E-state index >= 15 is 0 Å². The van der Waals surface area contributed by atoms with Gasteiger partial charge in [-0.1, -0.05) is 0 Å². The number of aromatic amines is 1. The van der Waals surface area contributed by atoms with Crippen LogP contribution in [0.4, 0.5) is 11.4 Å². The molecule has 0 atom stereocenters. The van der Waals surface area contributed by atoms with Crippen molar-refractivity contribution in [3.63, 3.8) is 0 Å². The van der Waals surface area contributed by atoms with Gasteiger partial charge in [0.1, 0.15) is 6.07 Å². The molecule has 0 fully saturated rings. The Kier molecular flexibility index (Phi) is 4.22. The van der Waals surface area contributed by atoms with Crippen LogP contribution in [0.2, 0.25) is 0 Å². The quantitative estimate of drug-likeness (QED) is 0.556. The zero-order valence-corrected chi connectivity index (χ0v) is 14.9. The van der Waals surface area contributed by atoms with Gasteiger partial charge in [0.05, 0.1) is 42.2 Å². The van der Waals surface area contributed by atoms with Crippen LogP contribution >= 0.6 is 0 Å². The average Bonchev–Trinajstić information content (AvgIpc) is 3.16. The highest BCUT2D eigenvalue weighted by molar-refractivity contribution is 5.98. The molecule has 27 heavy (non-hydrogen) atoms. The lowest BCUT2D eigenvalue weighted by molar-refractivity contribution is 0.311. The van der Waals surface area contributed by atoms with Gasteiger partial charge in [0.25, 0.3) is 0 Å². The Morgan fingerprint density at radius 1 is 1.19 bits per heavy atom. The molecule has 2 aromatic carbocycles. The lowest BCUT2D eigenvalue weighted by Gasteiger charge is -2.15. The molecule has 0 aliphatic carbocycles. The fraction of sp³-hybridized carbons (Fsp3) is 0.150. The third-order valence-electron chi connectivity index (χ3n) is 4.28. The van der Waals surface area contributed by atoms with Gasteiger partial charge in [0.2, 0.25) is 0 Å². The molecule has 2 aromatic heterocycles. The SMILES string of the molecule is CCOc1cc2c(Nc3ccc4cn[nH]c4c3)c(C#N)cnc2cc1OC. The Hall–Kier alpha value is -3.79. The number of hydrogen-bond acceptors (Lipinski definition) is 6. The van der Waals surface area contributed by atoms with E-state index in [0.29, 0.717) is 34.9 Å². The van der Waals surface area contributed by atoms with Gasteiger partial charge in [-0.15, -0.1) is 0 Å². The van der Waals surface area contributed by atoms with Crippen molar-refractivity contribution >= 4 is 33.2 Å². The average molecular weight is 359 g/mol. The Labute approximate surface area is 155 Å². The van der Waals surface area contributed by atoms with Crippen molar-refractivity contribution in [1.82, 2.24) is 15.2 Å². The molecule has 0 unspecified atom stereocenters. The minimum Gasteiger partial charge on any atom is -0.493 e. The van der Waals surface area contributed by atoms with Crippen LogP contribution in [0.5, 0.6) is 11.5 Å². The van der Waals surface area contributed by atoms with E-state index in [1.54, 1.807) is 19.5 Å². The van der Waals surface area contributed by atoms with Gasteiger partial charge in [-0.25, -0.2) is 0 Å². The monoisotopic (exact) mass is 359 g/mol. The number of rotatable bonds is 5. The molecule has 134 valence electrons. The number of pyridine rings is 1. The highest BCUT2D eigenvalue weighted by Gasteiger charge is 2.14. The number of anilines is 2. The molecule has 0 aliphatic heterocycles. The van der Waals surface area contributed by atoms with Crippen LogP contribution in [0.15, 0.2) is 42.7 Å². The second kappa shape index (κ2) is 6.84. The van der Waals surface area contributed by atoms with Crippen molar-refractivity contribution in [2.45, 2.75) is 6.92 Å². The minimum absolute atomic E-state index is 0.444. The zero-order chi connectivity index (χ0) is 18.8. The third kappa shape index (κ3) is 2.98. The number of fused-ring (bicyclic) bond motifs is 2. The van der Waals surface area contributed by atoms with Crippen LogP contribution in [0, 0.1) is 11.3 Å². The van der Waals surface area contributed by atoms with E-state index in [9.17, 15) is 5.26 Å². The highest BCUT2D eigenvalue weighted by atomic mass is 16.5. The fourth-order valence-electron chi connectivity index (χ4n) is 3.01. The fourth-order valence-corrected chi connectivity index (χ4v) is 3.01. The van der Waals surface area contributed by atoms with Gasteiger partial charge in [-0.05, 0) is 31.2 Å². The first-order chi connectivity index (χ1) is 13.2. The molecular formula is C20H17N5O2. The van der Waals surface area contributed by atoms with Crippen LogP contribution < -0.4 is 14.8 Å². The van der Waals surface area contributed by atoms with Crippen molar-refractivity contribution < 1.29 is 9.47 Å². The standard InChI is InChI=1S/C20H17N5O2/c1-3-27-19-7-15-17(8-18(19)26-2)22-10-13(9-21)20(15)24-14-5-4-12-11-23-25-16(12)6-14/h4-8,10-11H,3H2,1-2H3,(H,22,24)(H,23,25). The Balaban J connectivity index is 1.88. The lowest BCUT2D eigenvalue weighted by Crippen LogP contribution is -2.00. The van der Waals surface area contributed by atoms with Crippen LogP contribution in [0.25, 0.3) is 21.8 Å². The Morgan fingerprint density at radius 2 is 2.07 bits per heavy atom. The summed E-state index contributed by atoms with van der Waals surface area (Å²) in [5.41, 5.74) is 3.57. The van der Waals surface area contributed by atoms with E-state index in [0.717, 1.165) is 22.0 Å². The van der Waals surface area contributed by atoms with Gasteiger partial charge < -0.3 is 14.8 Å². The van der Waals surface area contributed by atoms with Crippen LogP contribution in [0.1, 0.15) is 12.5 Å². The number of aromatic nitrogens is 3. The van der Waals surface area contributed by atoms with Crippen LogP contribution in [-0.2, 0) is 0 Å². The normalized spacial score (nSPS) is 10.7. The van der Waals surface area contributed by atoms with Gasteiger partial charge in [-0.3, -0.25) is 10.1 Å². The van der Waals surface area contributed by atoms with E-state index in [-0.39, 0.29) is 0 Å². The molecule has 0 saturated heterocycles. The van der Waals surface area contributed by atoms with E-state index in [2.05, 4.69) is 26.6 Å². The summed E-state index contributed by atoms with van der Waals surface area (Å²) in [5, 5.41) is 21.7. The molecule has 7 heteroatoms. The number of hydrogen-bond donors (Lipinski definition) is 2. The predicted octanol–water partition coefficient (Wildman–Crippen LogP) is 4.13. The number of methoxy groups -OCH3 is 1. The van der Waals surface area contributed by atoms with Crippen molar-refractivity contribution in [3.8, 4) is 17.6 Å². The summed E-state index contributed by atoms with van der Waals surface area (Å²) in [5.74, 6) is 1.21. The topological polar surface area (TPSA) is 95.8 Å². The largest absolute Gasteiger partial charge is 0.493 e. The Morgan fingerprint density at radius 3 is 2.85 bits per heavy atom. The molecule has 0 saturated carbocycles. The molecule has 0 spiro atoms. The van der Waals surface area contributed by atoms with E-state index < -0.39 is 0 Å². The zero-order valence-electron chi connectivity index (χ0n) is 14.9. The molecule has 7 nitrogen and oxygen atoms in total. The van der Waals surface area contributed by atoms with Gasteiger partial charge in [0, 0.05) is 28.7 Å². The number of H-pyrrole nitrogens is 1. The van der Waals surface area contributed by atoms with Crippen molar-refractivity contribution in [3.05, 3.63) is 48.3 Å². The molecule has 0 aliphatic rings. The Bertz CT molecular complexity index is 1180.